The lowest BCUT2D eigenvalue weighted by atomic mass is 10.3. The quantitative estimate of drug-likeness (QED) is 0.848. The molecule has 4 nitrogen and oxygen atoms in total. The topological polar surface area (TPSA) is 51.8 Å². The number of benzene rings is 1. The third-order valence-electron chi connectivity index (χ3n) is 2.48. The van der Waals surface area contributed by atoms with Gasteiger partial charge in [-0.25, -0.2) is 0 Å². The van der Waals surface area contributed by atoms with E-state index in [0.717, 1.165) is 0 Å². The van der Waals surface area contributed by atoms with Gasteiger partial charge in [-0.2, -0.15) is 0 Å². The third kappa shape index (κ3) is 4.42. The van der Waals surface area contributed by atoms with Crippen molar-refractivity contribution in [2.45, 2.75) is 12.7 Å². The fourth-order valence-electron chi connectivity index (χ4n) is 1.52. The Morgan fingerprint density at radius 1 is 1.15 bits per heavy atom. The van der Waals surface area contributed by atoms with Crippen molar-refractivity contribution in [1.29, 1.82) is 0 Å². The first-order valence-corrected chi connectivity index (χ1v) is 6.77. The average Bonchev–Trinajstić information content (AvgIpc) is 2.94. The summed E-state index contributed by atoms with van der Waals surface area (Å²) in [7, 11) is 0. The van der Waals surface area contributed by atoms with Gasteiger partial charge in [0.2, 0.25) is 0 Å². The number of ether oxygens (including phenoxy) is 2. The van der Waals surface area contributed by atoms with E-state index in [0.29, 0.717) is 28.2 Å². The first-order valence-electron chi connectivity index (χ1n) is 6.02. The molecule has 2 aromatic rings. The van der Waals surface area contributed by atoms with E-state index < -0.39 is 6.10 Å². The average molecular weight is 317 g/mol. The molecule has 1 unspecified atom stereocenters. The standard InChI is InChI=1S/C14H14Cl2O4/c15-12-4-1-5-13(14(12)16)20-8-10(17)7-18-9-11-3-2-6-19-11/h1-6,10,17H,7-9H2. The molecule has 1 atom stereocenters. The molecule has 0 amide bonds. The van der Waals surface area contributed by atoms with Crippen molar-refractivity contribution >= 4 is 23.2 Å². The first-order chi connectivity index (χ1) is 9.66. The minimum absolute atomic E-state index is 0.0677. The molecule has 1 N–H and O–H groups in total. The summed E-state index contributed by atoms with van der Waals surface area (Å²) < 4.78 is 15.8. The van der Waals surface area contributed by atoms with Crippen LogP contribution in [0.5, 0.6) is 5.75 Å². The molecule has 0 bridgehead atoms. The van der Waals surface area contributed by atoms with Crippen molar-refractivity contribution in [2.75, 3.05) is 13.2 Å². The zero-order valence-electron chi connectivity index (χ0n) is 10.6. The smallest absolute Gasteiger partial charge is 0.139 e. The second-order valence-corrected chi connectivity index (χ2v) is 4.90. The summed E-state index contributed by atoms with van der Waals surface area (Å²) >= 11 is 11.8. The Bertz CT molecular complexity index is 528. The highest BCUT2D eigenvalue weighted by Crippen LogP contribution is 2.31. The van der Waals surface area contributed by atoms with E-state index in [1.165, 1.54) is 0 Å². The molecule has 1 heterocycles. The zero-order valence-corrected chi connectivity index (χ0v) is 12.1. The number of rotatable bonds is 7. The van der Waals surface area contributed by atoms with Gasteiger partial charge in [0.1, 0.15) is 35.9 Å². The van der Waals surface area contributed by atoms with E-state index in [2.05, 4.69) is 0 Å². The predicted molar refractivity (Wildman–Crippen MR) is 76.3 cm³/mol. The number of aliphatic hydroxyl groups excluding tert-OH is 1. The summed E-state index contributed by atoms with van der Waals surface area (Å²) in [5, 5.41) is 10.5. The van der Waals surface area contributed by atoms with Crippen LogP contribution in [0, 0.1) is 0 Å². The summed E-state index contributed by atoms with van der Waals surface area (Å²) in [4.78, 5) is 0. The van der Waals surface area contributed by atoms with Crippen molar-refractivity contribution in [3.05, 3.63) is 52.4 Å². The first kappa shape index (κ1) is 15.2. The number of furan rings is 1. The highest BCUT2D eigenvalue weighted by molar-refractivity contribution is 6.42. The molecule has 0 saturated heterocycles. The van der Waals surface area contributed by atoms with Gasteiger partial charge in [0, 0.05) is 0 Å². The van der Waals surface area contributed by atoms with Gasteiger partial charge in [-0.3, -0.25) is 0 Å². The van der Waals surface area contributed by atoms with Crippen LogP contribution in [-0.2, 0) is 11.3 Å². The van der Waals surface area contributed by atoms with Gasteiger partial charge in [-0.05, 0) is 24.3 Å². The van der Waals surface area contributed by atoms with Crippen LogP contribution < -0.4 is 4.74 Å². The van der Waals surface area contributed by atoms with Gasteiger partial charge >= 0.3 is 0 Å². The maximum absolute atomic E-state index is 9.74. The molecule has 0 aliphatic rings. The normalized spacial score (nSPS) is 12.3. The molecule has 1 aromatic carbocycles. The van der Waals surface area contributed by atoms with Crippen LogP contribution in [-0.4, -0.2) is 24.4 Å². The highest BCUT2D eigenvalue weighted by Gasteiger charge is 2.10. The van der Waals surface area contributed by atoms with Gasteiger partial charge in [0.05, 0.1) is 17.9 Å². The lowest BCUT2D eigenvalue weighted by Crippen LogP contribution is -2.23. The SMILES string of the molecule is OC(COCc1ccco1)COc1cccc(Cl)c1Cl. The van der Waals surface area contributed by atoms with E-state index in [9.17, 15) is 5.11 Å². The van der Waals surface area contributed by atoms with Gasteiger partial charge in [0.15, 0.2) is 0 Å². The molecule has 0 aliphatic heterocycles. The molecular formula is C14H14Cl2O4. The minimum Gasteiger partial charge on any atom is -0.489 e. The molecule has 20 heavy (non-hydrogen) atoms. The van der Waals surface area contributed by atoms with Gasteiger partial charge in [-0.1, -0.05) is 29.3 Å². The van der Waals surface area contributed by atoms with Crippen LogP contribution >= 0.6 is 23.2 Å². The number of halogens is 2. The van der Waals surface area contributed by atoms with Crippen LogP contribution in [0.25, 0.3) is 0 Å². The number of hydrogen-bond donors (Lipinski definition) is 1. The summed E-state index contributed by atoms with van der Waals surface area (Å²) in [6, 6.07) is 8.65. The van der Waals surface area contributed by atoms with E-state index in [1.807, 2.05) is 0 Å². The Hall–Kier alpha value is -1.20. The Labute approximate surface area is 126 Å². The molecule has 108 valence electrons. The maximum Gasteiger partial charge on any atom is 0.139 e. The van der Waals surface area contributed by atoms with Crippen LogP contribution in [0.4, 0.5) is 0 Å². The predicted octanol–water partition coefficient (Wildman–Crippen LogP) is 3.54. The number of hydrogen-bond acceptors (Lipinski definition) is 4. The molecule has 1 aromatic heterocycles. The lowest BCUT2D eigenvalue weighted by molar-refractivity contribution is 0.000898. The van der Waals surface area contributed by atoms with Crippen LogP contribution in [0.2, 0.25) is 10.0 Å². The van der Waals surface area contributed by atoms with E-state index in [1.54, 1.807) is 36.6 Å². The zero-order chi connectivity index (χ0) is 14.4. The Kier molecular flexibility index (Phi) is 5.73. The molecule has 0 spiro atoms. The summed E-state index contributed by atoms with van der Waals surface area (Å²) in [5.74, 6) is 1.14. The molecule has 0 fully saturated rings. The van der Waals surface area contributed by atoms with Gasteiger partial charge in [0.25, 0.3) is 0 Å². The molecule has 6 heteroatoms. The fourth-order valence-corrected chi connectivity index (χ4v) is 1.87. The van der Waals surface area contributed by atoms with Crippen molar-refractivity contribution in [3.8, 4) is 5.75 Å². The van der Waals surface area contributed by atoms with Crippen LogP contribution in [0.3, 0.4) is 0 Å². The van der Waals surface area contributed by atoms with E-state index in [4.69, 9.17) is 37.1 Å². The van der Waals surface area contributed by atoms with Crippen molar-refractivity contribution < 1.29 is 19.0 Å². The highest BCUT2D eigenvalue weighted by atomic mass is 35.5. The Morgan fingerprint density at radius 2 is 2.00 bits per heavy atom. The molecular weight excluding hydrogens is 303 g/mol. The summed E-state index contributed by atoms with van der Waals surface area (Å²) in [6.45, 7) is 0.513. The van der Waals surface area contributed by atoms with Crippen LogP contribution in [0.15, 0.2) is 41.0 Å². The number of aliphatic hydroxyl groups is 1. The largest absolute Gasteiger partial charge is 0.489 e. The maximum atomic E-state index is 9.74. The van der Waals surface area contributed by atoms with E-state index in [-0.39, 0.29) is 13.2 Å². The van der Waals surface area contributed by atoms with Crippen molar-refractivity contribution in [1.82, 2.24) is 0 Å². The molecule has 0 radical (unpaired) electrons. The van der Waals surface area contributed by atoms with E-state index >= 15 is 0 Å². The van der Waals surface area contributed by atoms with Crippen molar-refractivity contribution in [3.63, 3.8) is 0 Å². The summed E-state index contributed by atoms with van der Waals surface area (Å²) in [6.07, 6.45) is 0.805. The second kappa shape index (κ2) is 7.55. The van der Waals surface area contributed by atoms with Crippen LogP contribution in [0.1, 0.15) is 5.76 Å². The van der Waals surface area contributed by atoms with Gasteiger partial charge < -0.3 is 19.0 Å². The minimum atomic E-state index is -0.764. The molecule has 0 saturated carbocycles. The molecule has 2 rings (SSSR count). The Balaban J connectivity index is 1.72. The monoisotopic (exact) mass is 316 g/mol. The third-order valence-corrected chi connectivity index (χ3v) is 3.28. The lowest BCUT2D eigenvalue weighted by Gasteiger charge is -2.13. The fraction of sp³-hybridized carbons (Fsp3) is 0.286. The van der Waals surface area contributed by atoms with Gasteiger partial charge in [-0.15, -0.1) is 0 Å². The van der Waals surface area contributed by atoms with Crippen molar-refractivity contribution in [2.24, 2.45) is 0 Å². The summed E-state index contributed by atoms with van der Waals surface area (Å²) in [5.41, 5.74) is 0. The molecule has 0 aliphatic carbocycles. The second-order valence-electron chi connectivity index (χ2n) is 4.11. The Morgan fingerprint density at radius 3 is 2.75 bits per heavy atom.